The number of furan rings is 1. The van der Waals surface area contributed by atoms with E-state index in [0.29, 0.717) is 11.3 Å². The van der Waals surface area contributed by atoms with Gasteiger partial charge in [0.1, 0.15) is 11.5 Å². The molecule has 4 heteroatoms. The molecule has 1 aromatic carbocycles. The maximum Gasteiger partial charge on any atom is 0.280 e. The number of nitro groups is 1. The van der Waals surface area contributed by atoms with Crippen LogP contribution in [0.4, 0.5) is 5.69 Å². The molecule has 4 nitrogen and oxygen atoms in total. The number of rotatable bonds is 2. The lowest BCUT2D eigenvalue weighted by Gasteiger charge is -1.98. The number of nitro benzene ring substituents is 1. The minimum atomic E-state index is -0.410. The van der Waals surface area contributed by atoms with Crippen LogP contribution < -0.4 is 0 Å². The summed E-state index contributed by atoms with van der Waals surface area (Å²) in [5.74, 6) is 1.27. The second-order valence-corrected chi connectivity index (χ2v) is 3.18. The van der Waals surface area contributed by atoms with Gasteiger partial charge in [0.05, 0.1) is 10.5 Å². The molecule has 0 bridgehead atoms. The van der Waals surface area contributed by atoms with Gasteiger partial charge in [0.2, 0.25) is 0 Å². The zero-order valence-corrected chi connectivity index (χ0v) is 8.14. The molecule has 1 heterocycles. The molecule has 15 heavy (non-hydrogen) atoms. The van der Waals surface area contributed by atoms with Gasteiger partial charge < -0.3 is 4.42 Å². The van der Waals surface area contributed by atoms with Gasteiger partial charge in [0, 0.05) is 6.07 Å². The number of hydrogen-bond donors (Lipinski definition) is 0. The first-order valence-corrected chi connectivity index (χ1v) is 4.49. The van der Waals surface area contributed by atoms with E-state index < -0.39 is 4.92 Å². The van der Waals surface area contributed by atoms with Crippen LogP contribution in [0.25, 0.3) is 11.3 Å². The Morgan fingerprint density at radius 2 is 1.93 bits per heavy atom. The minimum absolute atomic E-state index is 0.0619. The van der Waals surface area contributed by atoms with Gasteiger partial charge in [-0.1, -0.05) is 12.1 Å². The molecule has 76 valence electrons. The highest BCUT2D eigenvalue weighted by atomic mass is 16.6. The van der Waals surface area contributed by atoms with Gasteiger partial charge in [-0.3, -0.25) is 10.1 Å². The number of para-hydroxylation sites is 1. The topological polar surface area (TPSA) is 56.3 Å². The molecular formula is C11H9NO3. The Kier molecular flexibility index (Phi) is 2.25. The molecule has 0 aliphatic heterocycles. The van der Waals surface area contributed by atoms with Crippen LogP contribution in [0.2, 0.25) is 0 Å². The Morgan fingerprint density at radius 3 is 2.53 bits per heavy atom. The highest BCUT2D eigenvalue weighted by molar-refractivity contribution is 5.69. The largest absolute Gasteiger partial charge is 0.461 e. The smallest absolute Gasteiger partial charge is 0.280 e. The third-order valence-corrected chi connectivity index (χ3v) is 2.11. The van der Waals surface area contributed by atoms with Crippen LogP contribution in [0.15, 0.2) is 40.8 Å². The van der Waals surface area contributed by atoms with Crippen molar-refractivity contribution in [1.82, 2.24) is 0 Å². The van der Waals surface area contributed by atoms with E-state index in [1.807, 2.05) is 0 Å². The molecule has 1 aromatic heterocycles. The normalized spacial score (nSPS) is 10.2. The molecule has 0 aliphatic carbocycles. The van der Waals surface area contributed by atoms with E-state index in [0.717, 1.165) is 5.76 Å². The van der Waals surface area contributed by atoms with Crippen LogP contribution in [0.3, 0.4) is 0 Å². The Labute approximate surface area is 86.3 Å². The molecule has 0 saturated heterocycles. The fourth-order valence-electron chi connectivity index (χ4n) is 1.42. The Balaban J connectivity index is 2.57. The van der Waals surface area contributed by atoms with Crippen LogP contribution in [-0.4, -0.2) is 4.92 Å². The molecule has 0 N–H and O–H groups in total. The molecule has 0 spiro atoms. The predicted octanol–water partition coefficient (Wildman–Crippen LogP) is 3.16. The van der Waals surface area contributed by atoms with Crippen LogP contribution >= 0.6 is 0 Å². The quantitative estimate of drug-likeness (QED) is 0.556. The van der Waals surface area contributed by atoms with Crippen molar-refractivity contribution in [2.24, 2.45) is 0 Å². The summed E-state index contributed by atoms with van der Waals surface area (Å²) in [5, 5.41) is 10.8. The molecule has 0 unspecified atom stereocenters. The first-order chi connectivity index (χ1) is 7.18. The summed E-state index contributed by atoms with van der Waals surface area (Å²) >= 11 is 0. The Morgan fingerprint density at radius 1 is 1.20 bits per heavy atom. The van der Waals surface area contributed by atoms with Crippen LogP contribution in [0, 0.1) is 17.0 Å². The summed E-state index contributed by atoms with van der Waals surface area (Å²) in [6, 6.07) is 10.0. The van der Waals surface area contributed by atoms with Crippen LogP contribution in [0.5, 0.6) is 0 Å². The van der Waals surface area contributed by atoms with E-state index >= 15 is 0 Å². The number of benzene rings is 1. The Hall–Kier alpha value is -2.10. The fourth-order valence-corrected chi connectivity index (χ4v) is 1.42. The molecule has 2 rings (SSSR count). The first kappa shape index (κ1) is 9.45. The van der Waals surface area contributed by atoms with Gasteiger partial charge in [-0.25, -0.2) is 0 Å². The molecule has 0 amide bonds. The van der Waals surface area contributed by atoms with E-state index in [1.54, 1.807) is 37.3 Å². The zero-order valence-electron chi connectivity index (χ0n) is 8.14. The highest BCUT2D eigenvalue weighted by Gasteiger charge is 2.16. The van der Waals surface area contributed by atoms with Crippen molar-refractivity contribution < 1.29 is 9.34 Å². The monoisotopic (exact) mass is 203 g/mol. The lowest BCUT2D eigenvalue weighted by atomic mass is 10.1. The molecule has 0 radical (unpaired) electrons. The van der Waals surface area contributed by atoms with Gasteiger partial charge in [0.15, 0.2) is 0 Å². The molecule has 2 aromatic rings. The van der Waals surface area contributed by atoms with Gasteiger partial charge in [-0.15, -0.1) is 0 Å². The van der Waals surface area contributed by atoms with E-state index in [2.05, 4.69) is 0 Å². The molecule has 0 atom stereocenters. The summed E-state index contributed by atoms with van der Waals surface area (Å²) in [6.45, 7) is 1.80. The number of nitrogens with zero attached hydrogens (tertiary/aromatic N) is 1. The van der Waals surface area contributed by atoms with Crippen molar-refractivity contribution in [3.63, 3.8) is 0 Å². The van der Waals surface area contributed by atoms with Crippen molar-refractivity contribution in [2.75, 3.05) is 0 Å². The maximum absolute atomic E-state index is 10.8. The van der Waals surface area contributed by atoms with Crippen molar-refractivity contribution >= 4 is 5.69 Å². The van der Waals surface area contributed by atoms with Gasteiger partial charge in [0.25, 0.3) is 5.69 Å². The van der Waals surface area contributed by atoms with Crippen molar-refractivity contribution in [3.8, 4) is 11.3 Å². The van der Waals surface area contributed by atoms with Crippen LogP contribution in [0.1, 0.15) is 5.76 Å². The molecule has 0 aliphatic rings. The number of hydrogen-bond acceptors (Lipinski definition) is 3. The van der Waals surface area contributed by atoms with Gasteiger partial charge in [-0.05, 0) is 25.1 Å². The van der Waals surface area contributed by atoms with E-state index in [1.165, 1.54) is 6.07 Å². The lowest BCUT2D eigenvalue weighted by molar-refractivity contribution is -0.384. The third-order valence-electron chi connectivity index (χ3n) is 2.11. The minimum Gasteiger partial charge on any atom is -0.461 e. The summed E-state index contributed by atoms with van der Waals surface area (Å²) in [7, 11) is 0. The summed E-state index contributed by atoms with van der Waals surface area (Å²) < 4.78 is 5.36. The number of aryl methyl sites for hydroxylation is 1. The second kappa shape index (κ2) is 3.57. The molecule has 0 saturated carbocycles. The van der Waals surface area contributed by atoms with E-state index in [-0.39, 0.29) is 5.69 Å². The van der Waals surface area contributed by atoms with E-state index in [4.69, 9.17) is 4.42 Å². The summed E-state index contributed by atoms with van der Waals surface area (Å²) in [4.78, 5) is 10.4. The SMILES string of the molecule is Cc1ccc(-c2ccccc2[N+](=O)[O-])o1. The summed E-state index contributed by atoms with van der Waals surface area (Å²) in [5.41, 5.74) is 0.572. The fraction of sp³-hybridized carbons (Fsp3) is 0.0909. The summed E-state index contributed by atoms with van der Waals surface area (Å²) in [6.07, 6.45) is 0. The van der Waals surface area contributed by atoms with Gasteiger partial charge >= 0.3 is 0 Å². The maximum atomic E-state index is 10.8. The predicted molar refractivity (Wildman–Crippen MR) is 55.5 cm³/mol. The van der Waals surface area contributed by atoms with E-state index in [9.17, 15) is 10.1 Å². The second-order valence-electron chi connectivity index (χ2n) is 3.18. The highest BCUT2D eigenvalue weighted by Crippen LogP contribution is 2.30. The van der Waals surface area contributed by atoms with Crippen molar-refractivity contribution in [2.45, 2.75) is 6.92 Å². The lowest BCUT2D eigenvalue weighted by Crippen LogP contribution is -1.90. The zero-order chi connectivity index (χ0) is 10.8. The van der Waals surface area contributed by atoms with Crippen molar-refractivity contribution in [3.05, 3.63) is 52.3 Å². The van der Waals surface area contributed by atoms with Gasteiger partial charge in [-0.2, -0.15) is 0 Å². The average molecular weight is 203 g/mol. The van der Waals surface area contributed by atoms with Crippen molar-refractivity contribution in [1.29, 1.82) is 0 Å². The molecular weight excluding hydrogens is 194 g/mol. The average Bonchev–Trinajstić information content (AvgIpc) is 2.65. The standard InChI is InChI=1S/C11H9NO3/c1-8-6-7-11(15-8)9-4-2-3-5-10(9)12(13)14/h2-7H,1H3. The van der Waals surface area contributed by atoms with Crippen LogP contribution in [-0.2, 0) is 0 Å². The Bertz CT molecular complexity index is 502. The molecule has 0 fully saturated rings. The first-order valence-electron chi connectivity index (χ1n) is 4.49. The third kappa shape index (κ3) is 1.74.